The molecule has 0 bridgehead atoms. The van der Waals surface area contributed by atoms with Gasteiger partial charge in [-0.25, -0.2) is 9.38 Å². The minimum atomic E-state index is 0.00243. The summed E-state index contributed by atoms with van der Waals surface area (Å²) in [7, 11) is 1.65. The van der Waals surface area contributed by atoms with Crippen molar-refractivity contribution in [2.75, 3.05) is 31.6 Å². The van der Waals surface area contributed by atoms with E-state index in [9.17, 15) is 4.79 Å². The van der Waals surface area contributed by atoms with E-state index in [1.165, 1.54) is 0 Å². The van der Waals surface area contributed by atoms with Crippen LogP contribution in [-0.4, -0.2) is 63.2 Å². The van der Waals surface area contributed by atoms with Crippen molar-refractivity contribution in [3.8, 4) is 17.1 Å². The van der Waals surface area contributed by atoms with Gasteiger partial charge in [0.15, 0.2) is 11.5 Å². The Kier molecular flexibility index (Phi) is 5.71. The van der Waals surface area contributed by atoms with Crippen LogP contribution in [-0.2, 0) is 0 Å². The maximum Gasteiger partial charge on any atom is 0.254 e. The molecule has 1 aliphatic heterocycles. The normalized spacial score (nSPS) is 15.9. The number of para-hydroxylation sites is 1. The minimum absolute atomic E-state index is 0.00243. The Bertz CT molecular complexity index is 1610. The molecule has 0 unspecified atom stereocenters. The Labute approximate surface area is 215 Å². The van der Waals surface area contributed by atoms with Gasteiger partial charge in [0.1, 0.15) is 5.75 Å². The van der Waals surface area contributed by atoms with Gasteiger partial charge in [-0.1, -0.05) is 42.0 Å². The fourth-order valence-corrected chi connectivity index (χ4v) is 5.03. The lowest BCUT2D eigenvalue weighted by molar-refractivity contribution is 0.0673. The molecule has 1 atom stereocenters. The Morgan fingerprint density at radius 3 is 2.57 bits per heavy atom. The van der Waals surface area contributed by atoms with Gasteiger partial charge in [-0.3, -0.25) is 4.79 Å². The van der Waals surface area contributed by atoms with Crippen LogP contribution in [0.15, 0.2) is 72.8 Å². The molecular formula is C29H28N6O2. The van der Waals surface area contributed by atoms with Crippen molar-refractivity contribution in [2.24, 2.45) is 0 Å². The third kappa shape index (κ3) is 4.04. The van der Waals surface area contributed by atoms with Crippen LogP contribution in [0, 0.1) is 6.92 Å². The Hall–Kier alpha value is -4.46. The van der Waals surface area contributed by atoms with Crippen LogP contribution in [0.2, 0.25) is 0 Å². The van der Waals surface area contributed by atoms with E-state index in [-0.39, 0.29) is 11.9 Å². The van der Waals surface area contributed by atoms with Crippen molar-refractivity contribution < 1.29 is 9.53 Å². The van der Waals surface area contributed by atoms with E-state index in [0.717, 1.165) is 44.9 Å². The lowest BCUT2D eigenvalue weighted by Crippen LogP contribution is -2.54. The van der Waals surface area contributed by atoms with Crippen LogP contribution in [0.5, 0.6) is 5.75 Å². The summed E-state index contributed by atoms with van der Waals surface area (Å²) in [4.78, 5) is 22.5. The fourth-order valence-electron chi connectivity index (χ4n) is 5.03. The van der Waals surface area contributed by atoms with Gasteiger partial charge in [0.2, 0.25) is 5.95 Å². The average Bonchev–Trinajstić information content (AvgIpc) is 3.38. The molecule has 186 valence electrons. The van der Waals surface area contributed by atoms with E-state index in [0.29, 0.717) is 25.5 Å². The minimum Gasteiger partial charge on any atom is -0.497 e. The van der Waals surface area contributed by atoms with Crippen molar-refractivity contribution in [3.63, 3.8) is 0 Å². The Morgan fingerprint density at radius 2 is 1.78 bits per heavy atom. The first kappa shape index (κ1) is 23.0. The molecule has 2 aromatic heterocycles. The monoisotopic (exact) mass is 492 g/mol. The molecule has 0 saturated carbocycles. The summed E-state index contributed by atoms with van der Waals surface area (Å²) in [6.07, 6.45) is 0. The smallest absolute Gasteiger partial charge is 0.254 e. The molecule has 3 aromatic carbocycles. The highest BCUT2D eigenvalue weighted by atomic mass is 16.5. The number of nitrogens with zero attached hydrogens (tertiary/aromatic N) is 6. The number of hydrogen-bond donors (Lipinski definition) is 0. The Morgan fingerprint density at radius 1 is 0.973 bits per heavy atom. The Balaban J connectivity index is 1.41. The van der Waals surface area contributed by atoms with Crippen molar-refractivity contribution in [1.29, 1.82) is 0 Å². The molecule has 1 aliphatic rings. The molecule has 8 nitrogen and oxygen atoms in total. The average molecular weight is 493 g/mol. The first-order chi connectivity index (χ1) is 18.0. The second kappa shape index (κ2) is 9.20. The third-order valence-electron chi connectivity index (χ3n) is 7.03. The van der Waals surface area contributed by atoms with E-state index in [4.69, 9.17) is 9.72 Å². The maximum atomic E-state index is 13.3. The van der Waals surface area contributed by atoms with Gasteiger partial charge in [-0.15, -0.1) is 10.2 Å². The summed E-state index contributed by atoms with van der Waals surface area (Å²) in [6, 6.07) is 23.6. The van der Waals surface area contributed by atoms with Crippen LogP contribution in [0.4, 0.5) is 5.95 Å². The van der Waals surface area contributed by atoms with Crippen LogP contribution in [0.3, 0.4) is 0 Å². The number of aromatic nitrogens is 4. The number of benzene rings is 3. The first-order valence-electron chi connectivity index (χ1n) is 12.4. The third-order valence-corrected chi connectivity index (χ3v) is 7.03. The zero-order valence-corrected chi connectivity index (χ0v) is 21.1. The topological polar surface area (TPSA) is 75.9 Å². The second-order valence-electron chi connectivity index (χ2n) is 9.50. The molecule has 3 heterocycles. The summed E-state index contributed by atoms with van der Waals surface area (Å²) >= 11 is 0. The molecular weight excluding hydrogens is 464 g/mol. The number of hydrogen-bond acceptors (Lipinski definition) is 6. The van der Waals surface area contributed by atoms with Crippen molar-refractivity contribution in [2.45, 2.75) is 19.9 Å². The largest absolute Gasteiger partial charge is 0.497 e. The summed E-state index contributed by atoms with van der Waals surface area (Å²) < 4.78 is 7.48. The summed E-state index contributed by atoms with van der Waals surface area (Å²) in [5, 5.41) is 10.1. The number of piperazine rings is 1. The number of ether oxygens (including phenoxy) is 1. The zero-order chi connectivity index (χ0) is 25.5. The van der Waals surface area contributed by atoms with Crippen LogP contribution in [0.1, 0.15) is 22.8 Å². The van der Waals surface area contributed by atoms with Crippen molar-refractivity contribution in [3.05, 3.63) is 83.9 Å². The van der Waals surface area contributed by atoms with Crippen LogP contribution < -0.4 is 9.64 Å². The van der Waals surface area contributed by atoms with Gasteiger partial charge in [0.05, 0.1) is 12.6 Å². The van der Waals surface area contributed by atoms with Gasteiger partial charge in [0, 0.05) is 42.2 Å². The number of anilines is 1. The summed E-state index contributed by atoms with van der Waals surface area (Å²) in [5.41, 5.74) is 4.37. The van der Waals surface area contributed by atoms with E-state index < -0.39 is 0 Å². The van der Waals surface area contributed by atoms with E-state index in [1.807, 2.05) is 89.0 Å². The molecule has 1 fully saturated rings. The maximum absolute atomic E-state index is 13.3. The lowest BCUT2D eigenvalue weighted by Gasteiger charge is -2.40. The molecule has 1 saturated heterocycles. The number of methoxy groups -OCH3 is 1. The first-order valence-corrected chi connectivity index (χ1v) is 12.4. The molecule has 0 radical (unpaired) electrons. The van der Waals surface area contributed by atoms with Crippen LogP contribution >= 0.6 is 0 Å². The fraction of sp³-hybridized carbons (Fsp3) is 0.241. The highest BCUT2D eigenvalue weighted by molar-refractivity contribution is 5.95. The van der Waals surface area contributed by atoms with Gasteiger partial charge in [-0.2, -0.15) is 0 Å². The highest BCUT2D eigenvalue weighted by Crippen LogP contribution is 2.31. The summed E-state index contributed by atoms with van der Waals surface area (Å²) in [5.74, 6) is 2.28. The summed E-state index contributed by atoms with van der Waals surface area (Å²) in [6.45, 7) is 6.01. The molecule has 0 aliphatic carbocycles. The molecule has 8 heteroatoms. The van der Waals surface area contributed by atoms with E-state index in [2.05, 4.69) is 22.0 Å². The van der Waals surface area contributed by atoms with Crippen LogP contribution in [0.25, 0.3) is 27.9 Å². The number of carbonyl (C=O) groups is 1. The number of amides is 1. The highest BCUT2D eigenvalue weighted by Gasteiger charge is 2.31. The SMILES string of the molecule is COc1cccc(-c2nnc3c4ccccc4nc(N4CCN(C(=O)c5ccc(C)cc5)[C@@H](C)C4)n23)c1. The van der Waals surface area contributed by atoms with Gasteiger partial charge in [0.25, 0.3) is 5.91 Å². The number of aryl methyl sites for hydroxylation is 1. The number of rotatable bonds is 4. The van der Waals surface area contributed by atoms with Gasteiger partial charge >= 0.3 is 0 Å². The molecule has 37 heavy (non-hydrogen) atoms. The van der Waals surface area contributed by atoms with Crippen molar-refractivity contribution >= 4 is 28.4 Å². The molecule has 0 N–H and O–H groups in total. The molecule has 5 aromatic rings. The lowest BCUT2D eigenvalue weighted by atomic mass is 10.1. The number of fused-ring (bicyclic) bond motifs is 3. The predicted octanol–water partition coefficient (Wildman–Crippen LogP) is 4.61. The van der Waals surface area contributed by atoms with Crippen molar-refractivity contribution in [1.82, 2.24) is 24.5 Å². The number of carbonyl (C=O) groups excluding carboxylic acids is 1. The molecule has 1 amide bonds. The molecule has 6 rings (SSSR count). The second-order valence-corrected chi connectivity index (χ2v) is 9.50. The quantitative estimate of drug-likeness (QED) is 0.365. The standard InChI is InChI=1S/C29H28N6O2/c1-19-11-13-21(14-12-19)28(36)34-16-15-33(18-20(34)2)29-30-25-10-5-4-9-24(25)27-32-31-26(35(27)29)22-7-6-8-23(17-22)37-3/h4-14,17,20H,15-16,18H2,1-3H3/t20-/m0/s1. The molecule has 0 spiro atoms. The van der Waals surface area contributed by atoms with E-state index in [1.54, 1.807) is 7.11 Å². The predicted molar refractivity (Wildman–Crippen MR) is 144 cm³/mol. The van der Waals surface area contributed by atoms with E-state index >= 15 is 0 Å². The zero-order valence-electron chi connectivity index (χ0n) is 21.1. The van der Waals surface area contributed by atoms with Gasteiger partial charge in [-0.05, 0) is 50.2 Å². The van der Waals surface area contributed by atoms with Gasteiger partial charge < -0.3 is 14.5 Å².